The Morgan fingerprint density at radius 2 is 1.57 bits per heavy atom. The van der Waals surface area contributed by atoms with E-state index in [1.807, 2.05) is 0 Å². The number of amides is 3. The highest BCUT2D eigenvalue weighted by Gasteiger charge is 2.38. The average molecular weight is 482 g/mol. The van der Waals surface area contributed by atoms with E-state index in [1.54, 1.807) is 31.2 Å². The van der Waals surface area contributed by atoms with Crippen LogP contribution in [0, 0.1) is 6.92 Å². The van der Waals surface area contributed by atoms with Gasteiger partial charge in [-0.05, 0) is 61.0 Å². The molecule has 7 nitrogen and oxygen atoms in total. The Labute approximate surface area is 197 Å². The van der Waals surface area contributed by atoms with E-state index < -0.39 is 42.0 Å². The van der Waals surface area contributed by atoms with E-state index in [0.717, 1.165) is 34.7 Å². The van der Waals surface area contributed by atoms with Gasteiger partial charge in [0, 0.05) is 5.69 Å². The number of rotatable bonds is 5. The fourth-order valence-electron chi connectivity index (χ4n) is 3.55. The molecule has 0 spiro atoms. The molecule has 35 heavy (non-hydrogen) atoms. The second-order valence-electron chi connectivity index (χ2n) is 7.69. The number of aryl methyl sites for hydroxylation is 1. The van der Waals surface area contributed by atoms with Crippen molar-refractivity contribution in [1.82, 2.24) is 0 Å². The normalized spacial score (nSPS) is 13.0. The van der Waals surface area contributed by atoms with Gasteiger partial charge < -0.3 is 10.1 Å². The van der Waals surface area contributed by atoms with Crippen LogP contribution in [0.1, 0.15) is 42.2 Å². The summed E-state index contributed by atoms with van der Waals surface area (Å²) in [5, 5.41) is 2.32. The van der Waals surface area contributed by atoms with Crippen LogP contribution in [0.2, 0.25) is 0 Å². The monoisotopic (exact) mass is 482 g/mol. The zero-order chi connectivity index (χ0) is 25.3. The summed E-state index contributed by atoms with van der Waals surface area (Å²) in [6, 6.07) is 14.5. The van der Waals surface area contributed by atoms with Crippen molar-refractivity contribution in [3.63, 3.8) is 0 Å². The van der Waals surface area contributed by atoms with Crippen LogP contribution in [-0.2, 0) is 15.7 Å². The minimum atomic E-state index is -4.50. The van der Waals surface area contributed by atoms with E-state index in [2.05, 4.69) is 5.32 Å². The van der Waals surface area contributed by atoms with Gasteiger partial charge >= 0.3 is 12.1 Å². The summed E-state index contributed by atoms with van der Waals surface area (Å²) >= 11 is 0. The van der Waals surface area contributed by atoms with Gasteiger partial charge in [-0.2, -0.15) is 13.2 Å². The molecule has 10 heteroatoms. The third kappa shape index (κ3) is 4.77. The van der Waals surface area contributed by atoms with Crippen molar-refractivity contribution >= 4 is 35.1 Å². The van der Waals surface area contributed by atoms with Gasteiger partial charge in [-0.1, -0.05) is 18.2 Å². The maximum atomic E-state index is 12.9. The van der Waals surface area contributed by atoms with Crippen LogP contribution in [0.5, 0.6) is 0 Å². The number of carbonyl (C=O) groups is 4. The van der Waals surface area contributed by atoms with Gasteiger partial charge in [0.25, 0.3) is 17.7 Å². The number of ether oxygens (including phenoxy) is 1. The number of alkyl halides is 3. The summed E-state index contributed by atoms with van der Waals surface area (Å²) in [7, 11) is 0. The molecule has 0 saturated heterocycles. The summed E-state index contributed by atoms with van der Waals surface area (Å²) < 4.78 is 42.8. The SMILES string of the molecule is Cc1ccccc1N1C(=O)c2ccc(C(=O)OCC(=O)Nc3ccc(C(F)(F)F)cc3)cc2C1=O. The molecule has 0 fully saturated rings. The molecule has 3 amide bonds. The molecule has 178 valence electrons. The molecule has 0 unspecified atom stereocenters. The highest BCUT2D eigenvalue weighted by atomic mass is 19.4. The van der Waals surface area contributed by atoms with Crippen molar-refractivity contribution < 1.29 is 37.1 Å². The van der Waals surface area contributed by atoms with E-state index in [0.29, 0.717) is 5.69 Å². The van der Waals surface area contributed by atoms with Crippen LogP contribution in [0.15, 0.2) is 66.7 Å². The minimum Gasteiger partial charge on any atom is -0.452 e. The Bertz CT molecular complexity index is 1350. The fraction of sp³-hybridized carbons (Fsp3) is 0.120. The number of para-hydroxylation sites is 1. The zero-order valence-corrected chi connectivity index (χ0v) is 18.2. The molecule has 3 aromatic rings. The topological polar surface area (TPSA) is 92.8 Å². The van der Waals surface area contributed by atoms with E-state index in [-0.39, 0.29) is 22.4 Å². The molecule has 1 aliphatic rings. The predicted octanol–water partition coefficient (Wildman–Crippen LogP) is 4.61. The van der Waals surface area contributed by atoms with Crippen LogP contribution in [0.3, 0.4) is 0 Å². The highest BCUT2D eigenvalue weighted by molar-refractivity contribution is 6.35. The van der Waals surface area contributed by atoms with Gasteiger partial charge in [0.1, 0.15) is 0 Å². The van der Waals surface area contributed by atoms with Crippen molar-refractivity contribution in [3.05, 3.63) is 94.5 Å². The first kappa shape index (κ1) is 23.7. The number of hydrogen-bond donors (Lipinski definition) is 1. The lowest BCUT2D eigenvalue weighted by molar-refractivity contribution is -0.137. The Hall–Kier alpha value is -4.47. The van der Waals surface area contributed by atoms with Gasteiger partial charge in [-0.25, -0.2) is 9.69 Å². The second-order valence-corrected chi connectivity index (χ2v) is 7.69. The molecule has 3 aromatic carbocycles. The van der Waals surface area contributed by atoms with Gasteiger partial charge in [0.2, 0.25) is 0 Å². The molecule has 0 aliphatic carbocycles. The van der Waals surface area contributed by atoms with Crippen molar-refractivity contribution in [3.8, 4) is 0 Å². The molecule has 0 saturated carbocycles. The number of hydrogen-bond acceptors (Lipinski definition) is 5. The molecule has 0 aromatic heterocycles. The number of carbonyl (C=O) groups excluding carboxylic acids is 4. The first-order valence-electron chi connectivity index (χ1n) is 10.3. The van der Waals surface area contributed by atoms with E-state index in [9.17, 15) is 32.3 Å². The lowest BCUT2D eigenvalue weighted by atomic mass is 10.1. The van der Waals surface area contributed by atoms with E-state index >= 15 is 0 Å². The number of imide groups is 1. The fourth-order valence-corrected chi connectivity index (χ4v) is 3.55. The van der Waals surface area contributed by atoms with Crippen LogP contribution >= 0.6 is 0 Å². The Kier molecular flexibility index (Phi) is 6.12. The number of nitrogens with zero attached hydrogens (tertiary/aromatic N) is 1. The molecular formula is C25H17F3N2O5. The van der Waals surface area contributed by atoms with Gasteiger partial charge in [0.15, 0.2) is 6.61 Å². The van der Waals surface area contributed by atoms with Crippen molar-refractivity contribution in [1.29, 1.82) is 0 Å². The summed E-state index contributed by atoms with van der Waals surface area (Å²) in [5.74, 6) is -2.79. The van der Waals surface area contributed by atoms with Crippen LogP contribution in [0.25, 0.3) is 0 Å². The molecule has 0 atom stereocenters. The standard InChI is InChI=1S/C25H17F3N2O5/c1-14-4-2-3-5-20(14)30-22(32)18-11-6-15(12-19(18)23(30)33)24(34)35-13-21(31)29-17-9-7-16(8-10-17)25(26,27)28/h2-12H,13H2,1H3,(H,29,31). The average Bonchev–Trinajstić information content (AvgIpc) is 3.07. The molecule has 1 N–H and O–H groups in total. The first-order chi connectivity index (χ1) is 16.6. The van der Waals surface area contributed by atoms with Crippen LogP contribution < -0.4 is 10.2 Å². The quantitative estimate of drug-likeness (QED) is 0.424. The van der Waals surface area contributed by atoms with E-state index in [1.165, 1.54) is 18.2 Å². The zero-order valence-electron chi connectivity index (χ0n) is 18.2. The third-order valence-corrected chi connectivity index (χ3v) is 5.31. The number of halogens is 3. The lowest BCUT2D eigenvalue weighted by Crippen LogP contribution is -2.29. The number of fused-ring (bicyclic) bond motifs is 1. The van der Waals surface area contributed by atoms with Crippen LogP contribution in [0.4, 0.5) is 24.5 Å². The molecular weight excluding hydrogens is 465 g/mol. The number of esters is 1. The molecule has 0 bridgehead atoms. The highest BCUT2D eigenvalue weighted by Crippen LogP contribution is 2.31. The van der Waals surface area contributed by atoms with Crippen molar-refractivity contribution in [2.24, 2.45) is 0 Å². The van der Waals surface area contributed by atoms with Gasteiger partial charge in [-0.3, -0.25) is 14.4 Å². The maximum Gasteiger partial charge on any atom is 0.416 e. The van der Waals surface area contributed by atoms with Gasteiger partial charge in [0.05, 0.1) is 27.9 Å². The Morgan fingerprint density at radius 1 is 0.914 bits per heavy atom. The van der Waals surface area contributed by atoms with Gasteiger partial charge in [-0.15, -0.1) is 0 Å². The molecule has 4 rings (SSSR count). The molecule has 0 radical (unpaired) electrons. The summed E-state index contributed by atoms with van der Waals surface area (Å²) in [6.45, 7) is 1.05. The summed E-state index contributed by atoms with van der Waals surface area (Å²) in [5.41, 5.74) is 0.503. The Morgan fingerprint density at radius 3 is 2.23 bits per heavy atom. The van der Waals surface area contributed by atoms with E-state index in [4.69, 9.17) is 4.74 Å². The maximum absolute atomic E-state index is 12.9. The van der Waals surface area contributed by atoms with Crippen molar-refractivity contribution in [2.45, 2.75) is 13.1 Å². The number of benzene rings is 3. The third-order valence-electron chi connectivity index (χ3n) is 5.31. The minimum absolute atomic E-state index is 0.0295. The summed E-state index contributed by atoms with van der Waals surface area (Å²) in [4.78, 5) is 51.2. The van der Waals surface area contributed by atoms with Crippen molar-refractivity contribution in [2.75, 3.05) is 16.8 Å². The lowest BCUT2D eigenvalue weighted by Gasteiger charge is -2.16. The number of nitrogens with one attached hydrogen (secondary N) is 1. The first-order valence-corrected chi connectivity index (χ1v) is 10.3. The largest absolute Gasteiger partial charge is 0.452 e. The second kappa shape index (κ2) is 9.05. The Balaban J connectivity index is 1.41. The summed E-state index contributed by atoms with van der Waals surface area (Å²) in [6.07, 6.45) is -4.50. The predicted molar refractivity (Wildman–Crippen MR) is 119 cm³/mol. The number of anilines is 2. The molecule has 1 heterocycles. The molecule has 1 aliphatic heterocycles. The van der Waals surface area contributed by atoms with Crippen LogP contribution in [-0.4, -0.2) is 30.3 Å². The smallest absolute Gasteiger partial charge is 0.416 e.